The maximum atomic E-state index is 13.0. The van der Waals surface area contributed by atoms with Gasteiger partial charge in [-0.2, -0.15) is 5.10 Å². The van der Waals surface area contributed by atoms with Gasteiger partial charge in [0, 0.05) is 41.3 Å². The van der Waals surface area contributed by atoms with Crippen LogP contribution in [0.25, 0.3) is 22.2 Å². The number of aromatic nitrogens is 2. The van der Waals surface area contributed by atoms with Crippen molar-refractivity contribution >= 4 is 34.1 Å². The van der Waals surface area contributed by atoms with Gasteiger partial charge in [0.15, 0.2) is 0 Å². The Balaban J connectivity index is 1.17. The van der Waals surface area contributed by atoms with Crippen LogP contribution in [0.3, 0.4) is 0 Å². The summed E-state index contributed by atoms with van der Waals surface area (Å²) in [6, 6.07) is 20.1. The van der Waals surface area contributed by atoms with E-state index < -0.39 is 5.41 Å². The fourth-order valence-corrected chi connectivity index (χ4v) is 6.04. The van der Waals surface area contributed by atoms with Gasteiger partial charge in [0.05, 0.1) is 30.3 Å². The largest absolute Gasteiger partial charge is 0.497 e. The second-order valence-corrected chi connectivity index (χ2v) is 10.3. The van der Waals surface area contributed by atoms with E-state index in [1.165, 1.54) is 0 Å². The van der Waals surface area contributed by atoms with Crippen LogP contribution in [0.5, 0.6) is 5.75 Å². The highest BCUT2D eigenvalue weighted by Gasteiger charge is 2.65. The van der Waals surface area contributed by atoms with Crippen LogP contribution < -0.4 is 15.0 Å². The highest BCUT2D eigenvalue weighted by atomic mass is 16.5. The van der Waals surface area contributed by atoms with Crippen LogP contribution >= 0.6 is 0 Å². The number of nitrogens with zero attached hydrogens (tertiary/aromatic N) is 3. The lowest BCUT2D eigenvalue weighted by molar-refractivity contribution is -0.121. The Morgan fingerprint density at radius 3 is 2.65 bits per heavy atom. The molecule has 3 aliphatic rings. The summed E-state index contributed by atoms with van der Waals surface area (Å²) >= 11 is 0. The second-order valence-electron chi connectivity index (χ2n) is 10.3. The van der Waals surface area contributed by atoms with Gasteiger partial charge in [-0.25, -0.2) is 0 Å². The van der Waals surface area contributed by atoms with E-state index in [1.807, 2.05) is 59.3 Å². The van der Waals surface area contributed by atoms with Crippen LogP contribution in [0.1, 0.15) is 23.5 Å². The number of ether oxygens (including phenoxy) is 1. The van der Waals surface area contributed by atoms with Crippen molar-refractivity contribution in [2.75, 3.05) is 44.0 Å². The molecule has 4 aromatic rings. The topological polar surface area (TPSA) is 90.6 Å². The second kappa shape index (κ2) is 7.91. The minimum Gasteiger partial charge on any atom is -0.497 e. The van der Waals surface area contributed by atoms with Gasteiger partial charge in [-0.05, 0) is 61.0 Å². The third-order valence-electron chi connectivity index (χ3n) is 8.17. The average Bonchev–Trinajstić information content (AvgIpc) is 3.43. The molecule has 1 spiro atoms. The van der Waals surface area contributed by atoms with Gasteiger partial charge in [-0.1, -0.05) is 24.3 Å². The number of methoxy groups -OCH3 is 1. The van der Waals surface area contributed by atoms with Crippen molar-refractivity contribution in [1.82, 2.24) is 15.1 Å². The predicted molar refractivity (Wildman–Crippen MR) is 142 cm³/mol. The maximum Gasteiger partial charge on any atom is 0.241 e. The molecule has 8 nitrogen and oxygen atoms in total. The van der Waals surface area contributed by atoms with Gasteiger partial charge in [-0.15, -0.1) is 0 Å². The van der Waals surface area contributed by atoms with Gasteiger partial charge >= 0.3 is 0 Å². The molecule has 2 aliphatic heterocycles. The number of rotatable bonds is 4. The molecule has 0 bridgehead atoms. The van der Waals surface area contributed by atoms with Crippen molar-refractivity contribution in [2.45, 2.75) is 17.8 Å². The van der Waals surface area contributed by atoms with Crippen molar-refractivity contribution in [3.05, 3.63) is 71.8 Å². The summed E-state index contributed by atoms with van der Waals surface area (Å²) in [6.45, 7) is 2.00. The van der Waals surface area contributed by atoms with Crippen LogP contribution in [-0.2, 0) is 15.0 Å². The van der Waals surface area contributed by atoms with E-state index in [4.69, 9.17) is 4.74 Å². The number of likely N-dealkylation sites (N-methyl/N-ethyl adjacent to an activating group) is 1. The summed E-state index contributed by atoms with van der Waals surface area (Å²) < 4.78 is 5.42. The first-order chi connectivity index (χ1) is 18.0. The predicted octanol–water partition coefficient (Wildman–Crippen LogP) is 3.89. The summed E-state index contributed by atoms with van der Waals surface area (Å²) in [6.07, 6.45) is 0.776. The number of hydrogen-bond acceptors (Lipinski definition) is 5. The van der Waals surface area contributed by atoms with Crippen LogP contribution in [-0.4, -0.2) is 60.7 Å². The number of carbonyl (C=O) groups excluding carboxylic acids is 2. The molecular weight excluding hydrogens is 466 g/mol. The Labute approximate surface area is 214 Å². The Bertz CT molecular complexity index is 1580. The molecule has 2 unspecified atom stereocenters. The standard InChI is InChI=1S/C29H27N5O3/c1-33-11-12-34(26(35)16-33)19-6-3-17(4-7-19)27-21-9-5-18(13-25(21)31-32-27)23-15-29(23)22-14-20(37-2)8-10-24(22)30-28(29)36/h3-10,13-14,23H,11-12,15-16H2,1-2H3,(H,30,36)(H,31,32). The minimum atomic E-state index is -0.531. The van der Waals surface area contributed by atoms with E-state index in [2.05, 4.69) is 33.7 Å². The molecule has 2 fully saturated rings. The minimum absolute atomic E-state index is 0.0603. The zero-order valence-electron chi connectivity index (χ0n) is 20.7. The molecule has 37 heavy (non-hydrogen) atoms. The molecule has 1 aliphatic carbocycles. The molecule has 2 N–H and O–H groups in total. The van der Waals surface area contributed by atoms with Crippen LogP contribution in [0.4, 0.5) is 11.4 Å². The molecule has 1 saturated heterocycles. The lowest BCUT2D eigenvalue weighted by Gasteiger charge is -2.32. The number of anilines is 2. The molecule has 3 heterocycles. The number of aromatic amines is 1. The average molecular weight is 494 g/mol. The highest BCUT2D eigenvalue weighted by Crippen LogP contribution is 2.65. The number of nitrogens with one attached hydrogen (secondary N) is 2. The lowest BCUT2D eigenvalue weighted by atomic mass is 9.91. The van der Waals surface area contributed by atoms with E-state index >= 15 is 0 Å². The maximum absolute atomic E-state index is 13.0. The zero-order chi connectivity index (χ0) is 25.3. The Morgan fingerprint density at radius 2 is 1.86 bits per heavy atom. The molecule has 2 atom stereocenters. The first-order valence-corrected chi connectivity index (χ1v) is 12.6. The number of carbonyl (C=O) groups is 2. The summed E-state index contributed by atoms with van der Waals surface area (Å²) in [5, 5.41) is 11.9. The lowest BCUT2D eigenvalue weighted by Crippen LogP contribution is -2.48. The summed E-state index contributed by atoms with van der Waals surface area (Å²) in [7, 11) is 3.61. The summed E-state index contributed by atoms with van der Waals surface area (Å²) in [5.41, 5.74) is 6.20. The van der Waals surface area contributed by atoms with E-state index in [-0.39, 0.29) is 17.7 Å². The molecule has 3 aromatic carbocycles. The third-order valence-corrected chi connectivity index (χ3v) is 8.17. The van der Waals surface area contributed by atoms with E-state index in [0.29, 0.717) is 13.1 Å². The Hall–Kier alpha value is -4.17. The van der Waals surface area contributed by atoms with Gasteiger partial charge < -0.3 is 15.0 Å². The molecule has 7 rings (SSSR count). The van der Waals surface area contributed by atoms with Crippen molar-refractivity contribution < 1.29 is 14.3 Å². The first kappa shape index (κ1) is 22.1. The third kappa shape index (κ3) is 3.29. The van der Waals surface area contributed by atoms with Crippen molar-refractivity contribution in [3.63, 3.8) is 0 Å². The molecule has 8 heteroatoms. The van der Waals surface area contributed by atoms with Crippen LogP contribution in [0, 0.1) is 0 Å². The number of benzene rings is 3. The molecule has 1 aromatic heterocycles. The molecule has 1 saturated carbocycles. The van der Waals surface area contributed by atoms with Crippen molar-refractivity contribution in [2.24, 2.45) is 0 Å². The number of piperazine rings is 1. The molecule has 0 radical (unpaired) electrons. The Kier molecular flexibility index (Phi) is 4.72. The molecule has 186 valence electrons. The van der Waals surface area contributed by atoms with Crippen LogP contribution in [0.15, 0.2) is 60.7 Å². The Morgan fingerprint density at radius 1 is 1.03 bits per heavy atom. The number of fused-ring (bicyclic) bond motifs is 3. The van der Waals surface area contributed by atoms with Gasteiger partial charge in [0.1, 0.15) is 5.75 Å². The normalized spacial score (nSPS) is 23.0. The molecule has 2 amide bonds. The highest BCUT2D eigenvalue weighted by molar-refractivity contribution is 6.10. The number of hydrogen-bond donors (Lipinski definition) is 2. The van der Waals surface area contributed by atoms with Crippen LogP contribution in [0.2, 0.25) is 0 Å². The zero-order valence-corrected chi connectivity index (χ0v) is 20.7. The van der Waals surface area contributed by atoms with Crippen molar-refractivity contribution in [3.8, 4) is 17.0 Å². The van der Waals surface area contributed by atoms with Gasteiger partial charge in [-0.3, -0.25) is 19.6 Å². The number of H-pyrrole nitrogens is 1. The van der Waals surface area contributed by atoms with Crippen molar-refractivity contribution in [1.29, 1.82) is 0 Å². The van der Waals surface area contributed by atoms with Gasteiger partial charge in [0.2, 0.25) is 11.8 Å². The summed E-state index contributed by atoms with van der Waals surface area (Å²) in [5.74, 6) is 1.05. The SMILES string of the molecule is COc1ccc2c(c1)C1(CC1c1ccc3c(-c4ccc(N5CCN(C)CC5=O)cc4)n[nH]c3c1)C(=O)N2. The van der Waals surface area contributed by atoms with E-state index in [1.54, 1.807) is 7.11 Å². The van der Waals surface area contributed by atoms with E-state index in [0.717, 1.165) is 63.4 Å². The van der Waals surface area contributed by atoms with Gasteiger partial charge in [0.25, 0.3) is 0 Å². The quantitative estimate of drug-likeness (QED) is 0.450. The summed E-state index contributed by atoms with van der Waals surface area (Å²) in [4.78, 5) is 29.3. The first-order valence-electron chi connectivity index (χ1n) is 12.6. The van der Waals surface area contributed by atoms with E-state index in [9.17, 15) is 9.59 Å². The smallest absolute Gasteiger partial charge is 0.241 e. The fourth-order valence-electron chi connectivity index (χ4n) is 6.04. The molecular formula is C29H27N5O3. The number of amides is 2. The fraction of sp³-hybridized carbons (Fsp3) is 0.276. The monoisotopic (exact) mass is 493 g/mol.